The van der Waals surface area contributed by atoms with E-state index in [2.05, 4.69) is 40.5 Å². The van der Waals surface area contributed by atoms with Gasteiger partial charge in [-0.1, -0.05) is 48.5 Å². The number of sulfonamides is 1. The molecule has 2 fully saturated rings. The van der Waals surface area contributed by atoms with Gasteiger partial charge in [0.15, 0.2) is 0 Å². The number of benzene rings is 3. The van der Waals surface area contributed by atoms with Crippen molar-refractivity contribution in [1.29, 1.82) is 0 Å². The van der Waals surface area contributed by atoms with Crippen LogP contribution in [0.1, 0.15) is 34.3 Å². The lowest BCUT2D eigenvalue weighted by Crippen LogP contribution is -2.48. The third-order valence-electron chi connectivity index (χ3n) is 6.95. The molecule has 0 bridgehead atoms. The van der Waals surface area contributed by atoms with Gasteiger partial charge in [-0.3, -0.25) is 4.79 Å². The highest BCUT2D eigenvalue weighted by atomic mass is 32.2. The molecular formula is C26H29N3O3S. The molecule has 0 atom stereocenters. The molecule has 172 valence electrons. The van der Waals surface area contributed by atoms with Crippen molar-refractivity contribution in [3.63, 3.8) is 0 Å². The number of aryl methyl sites for hydroxylation is 1. The molecule has 1 aliphatic carbocycles. The summed E-state index contributed by atoms with van der Waals surface area (Å²) in [4.78, 5) is 15.6. The normalized spacial score (nSPS) is 18.3. The summed E-state index contributed by atoms with van der Waals surface area (Å²) in [5.74, 6) is -0.0606. The lowest BCUT2D eigenvalue weighted by molar-refractivity contribution is 0.0930. The Hall–Kier alpha value is -2.90. The summed E-state index contributed by atoms with van der Waals surface area (Å²) < 4.78 is 25.1. The smallest absolute Gasteiger partial charge is 0.252 e. The van der Waals surface area contributed by atoms with E-state index in [0.29, 0.717) is 31.7 Å². The first-order valence-corrected chi connectivity index (χ1v) is 13.2. The number of carbonyl (C=O) groups is 1. The second kappa shape index (κ2) is 8.15. The van der Waals surface area contributed by atoms with Gasteiger partial charge >= 0.3 is 0 Å². The van der Waals surface area contributed by atoms with Crippen molar-refractivity contribution in [3.05, 3.63) is 77.4 Å². The van der Waals surface area contributed by atoms with Gasteiger partial charge in [-0.15, -0.1) is 0 Å². The van der Waals surface area contributed by atoms with Gasteiger partial charge in [0, 0.05) is 37.4 Å². The number of anilines is 1. The highest BCUT2D eigenvalue weighted by Crippen LogP contribution is 2.48. The highest BCUT2D eigenvalue weighted by molar-refractivity contribution is 7.88. The molecule has 2 aliphatic rings. The number of rotatable bonds is 5. The van der Waals surface area contributed by atoms with Crippen molar-refractivity contribution in [1.82, 2.24) is 9.62 Å². The van der Waals surface area contributed by atoms with Gasteiger partial charge in [-0.05, 0) is 53.8 Å². The number of carbonyl (C=O) groups excluding carboxylic acids is 1. The van der Waals surface area contributed by atoms with Gasteiger partial charge in [0.25, 0.3) is 5.91 Å². The molecule has 1 saturated carbocycles. The van der Waals surface area contributed by atoms with Crippen LogP contribution in [0.25, 0.3) is 10.8 Å². The Balaban J connectivity index is 1.37. The number of amides is 1. The molecule has 1 N–H and O–H groups in total. The quantitative estimate of drug-likeness (QED) is 0.627. The molecule has 7 heteroatoms. The van der Waals surface area contributed by atoms with E-state index in [1.165, 1.54) is 26.9 Å². The minimum absolute atomic E-state index is 0.0606. The fraction of sp³-hybridized carbons (Fsp3) is 0.346. The van der Waals surface area contributed by atoms with E-state index in [0.717, 1.165) is 24.1 Å². The van der Waals surface area contributed by atoms with E-state index in [9.17, 15) is 13.2 Å². The van der Waals surface area contributed by atoms with Crippen LogP contribution in [0, 0.1) is 6.92 Å². The minimum Gasteiger partial charge on any atom is -0.369 e. The number of nitrogens with zero attached hydrogens (tertiary/aromatic N) is 2. The van der Waals surface area contributed by atoms with Crippen molar-refractivity contribution in [2.45, 2.75) is 25.3 Å². The maximum atomic E-state index is 13.4. The summed E-state index contributed by atoms with van der Waals surface area (Å²) in [6, 6.07) is 20.5. The van der Waals surface area contributed by atoms with E-state index in [1.807, 2.05) is 37.3 Å². The first-order valence-electron chi connectivity index (χ1n) is 11.4. The summed E-state index contributed by atoms with van der Waals surface area (Å²) in [5, 5.41) is 5.71. The largest absolute Gasteiger partial charge is 0.369 e. The van der Waals surface area contributed by atoms with Crippen LogP contribution in [0.5, 0.6) is 0 Å². The van der Waals surface area contributed by atoms with Crippen LogP contribution in [0.15, 0.2) is 60.7 Å². The SMILES string of the molecule is Cc1ccc(N2CCN(S(C)(=O)=O)CC2)cc1C(=O)NC1(c2cccc3ccccc23)CC1. The highest BCUT2D eigenvalue weighted by Gasteiger charge is 2.46. The Morgan fingerprint density at radius 1 is 0.939 bits per heavy atom. The van der Waals surface area contributed by atoms with Crippen LogP contribution in [-0.4, -0.2) is 51.1 Å². The third kappa shape index (κ3) is 4.23. The van der Waals surface area contributed by atoms with Crippen LogP contribution >= 0.6 is 0 Å². The predicted molar refractivity (Wildman–Crippen MR) is 132 cm³/mol. The zero-order valence-electron chi connectivity index (χ0n) is 19.0. The van der Waals surface area contributed by atoms with Crippen LogP contribution in [0.3, 0.4) is 0 Å². The van der Waals surface area contributed by atoms with Crippen LogP contribution in [0.4, 0.5) is 5.69 Å². The third-order valence-corrected chi connectivity index (χ3v) is 8.25. The standard InChI is InChI=1S/C26H29N3O3S/c1-19-10-11-21(28-14-16-29(17-15-28)33(2,31)32)18-23(19)25(30)27-26(12-13-26)24-9-5-7-20-6-3-4-8-22(20)24/h3-11,18H,12-17H2,1-2H3,(H,27,30). The van der Waals surface area contributed by atoms with Gasteiger partial charge in [0.2, 0.25) is 10.0 Å². The predicted octanol–water partition coefficient (Wildman–Crippen LogP) is 3.65. The molecule has 0 spiro atoms. The average Bonchev–Trinajstić information content (AvgIpc) is 3.59. The fourth-order valence-corrected chi connectivity index (χ4v) is 5.67. The molecule has 0 unspecified atom stereocenters. The number of piperazine rings is 1. The van der Waals surface area contributed by atoms with E-state index in [1.54, 1.807) is 0 Å². The van der Waals surface area contributed by atoms with Crippen molar-refractivity contribution in [3.8, 4) is 0 Å². The zero-order chi connectivity index (χ0) is 23.2. The molecule has 3 aromatic rings. The van der Waals surface area contributed by atoms with Crippen LogP contribution in [0.2, 0.25) is 0 Å². The van der Waals surface area contributed by atoms with Crippen LogP contribution < -0.4 is 10.2 Å². The van der Waals surface area contributed by atoms with Gasteiger partial charge in [-0.25, -0.2) is 8.42 Å². The van der Waals surface area contributed by atoms with E-state index in [4.69, 9.17) is 0 Å². The molecule has 33 heavy (non-hydrogen) atoms. The molecule has 5 rings (SSSR count). The molecule has 0 aromatic heterocycles. The molecule has 1 amide bonds. The van der Waals surface area contributed by atoms with E-state index < -0.39 is 10.0 Å². The second-order valence-electron chi connectivity index (χ2n) is 9.21. The lowest BCUT2D eigenvalue weighted by Gasteiger charge is -2.35. The zero-order valence-corrected chi connectivity index (χ0v) is 19.9. The molecular weight excluding hydrogens is 434 g/mol. The minimum atomic E-state index is -3.17. The summed E-state index contributed by atoms with van der Waals surface area (Å²) >= 11 is 0. The maximum absolute atomic E-state index is 13.4. The molecule has 0 radical (unpaired) electrons. The molecule has 1 aliphatic heterocycles. The fourth-order valence-electron chi connectivity index (χ4n) is 4.84. The Morgan fingerprint density at radius 3 is 2.33 bits per heavy atom. The van der Waals surface area contributed by atoms with E-state index in [-0.39, 0.29) is 11.4 Å². The first kappa shape index (κ1) is 21.9. The number of hydrogen-bond donors (Lipinski definition) is 1. The van der Waals surface area contributed by atoms with Gasteiger partial charge < -0.3 is 10.2 Å². The molecule has 1 saturated heterocycles. The topological polar surface area (TPSA) is 69.7 Å². The monoisotopic (exact) mass is 463 g/mol. The Kier molecular flexibility index (Phi) is 5.41. The van der Waals surface area contributed by atoms with Crippen molar-refractivity contribution in [2.75, 3.05) is 37.3 Å². The molecule has 1 heterocycles. The molecule has 3 aromatic carbocycles. The molecule has 6 nitrogen and oxygen atoms in total. The van der Waals surface area contributed by atoms with Crippen molar-refractivity contribution < 1.29 is 13.2 Å². The summed E-state index contributed by atoms with van der Waals surface area (Å²) in [6.45, 7) is 4.09. The number of hydrogen-bond acceptors (Lipinski definition) is 4. The van der Waals surface area contributed by atoms with Crippen molar-refractivity contribution in [2.24, 2.45) is 0 Å². The van der Waals surface area contributed by atoms with Crippen molar-refractivity contribution >= 4 is 32.4 Å². The van der Waals surface area contributed by atoms with Crippen LogP contribution in [-0.2, 0) is 15.6 Å². The van der Waals surface area contributed by atoms with Gasteiger partial charge in [-0.2, -0.15) is 4.31 Å². The number of fused-ring (bicyclic) bond motifs is 1. The Bertz CT molecular complexity index is 1320. The lowest BCUT2D eigenvalue weighted by atomic mass is 9.96. The summed E-state index contributed by atoms with van der Waals surface area (Å²) in [6.07, 6.45) is 3.11. The maximum Gasteiger partial charge on any atom is 0.252 e. The first-order chi connectivity index (χ1) is 15.8. The summed E-state index contributed by atoms with van der Waals surface area (Å²) in [5.41, 5.74) is 3.42. The summed E-state index contributed by atoms with van der Waals surface area (Å²) in [7, 11) is -3.17. The average molecular weight is 464 g/mol. The van der Waals surface area contributed by atoms with Gasteiger partial charge in [0.05, 0.1) is 11.8 Å². The number of nitrogens with one attached hydrogen (secondary N) is 1. The van der Waals surface area contributed by atoms with Gasteiger partial charge in [0.1, 0.15) is 0 Å². The second-order valence-corrected chi connectivity index (χ2v) is 11.2. The van der Waals surface area contributed by atoms with E-state index >= 15 is 0 Å². The Labute approximate surface area is 195 Å². The Morgan fingerprint density at radius 2 is 1.64 bits per heavy atom.